The van der Waals surface area contributed by atoms with Crippen molar-refractivity contribution >= 4 is 24.7 Å². The molecule has 3 aromatic carbocycles. The van der Waals surface area contributed by atoms with Gasteiger partial charge in [-0.15, -0.1) is 0 Å². The van der Waals surface area contributed by atoms with Crippen LogP contribution in [0, 0.1) is 0 Å². The van der Waals surface area contributed by atoms with E-state index in [9.17, 15) is 0 Å². The Balaban J connectivity index is 1.64. The van der Waals surface area contributed by atoms with Crippen molar-refractivity contribution in [3.05, 3.63) is 95.1 Å². The van der Waals surface area contributed by atoms with Crippen molar-refractivity contribution in [2.75, 3.05) is 0 Å². The summed E-state index contributed by atoms with van der Waals surface area (Å²) < 4.78 is 2.63. The molecule has 1 unspecified atom stereocenters. The van der Waals surface area contributed by atoms with Gasteiger partial charge in [-0.25, -0.2) is 0 Å². The monoisotopic (exact) mass is 611 g/mol. The summed E-state index contributed by atoms with van der Waals surface area (Å²) in [6.07, 6.45) is 6.13. The van der Waals surface area contributed by atoms with Crippen molar-refractivity contribution < 1.29 is 17.3 Å². The zero-order valence-corrected chi connectivity index (χ0v) is 22.3. The molecule has 0 saturated carbocycles. The Morgan fingerprint density at radius 3 is 2.50 bits per heavy atom. The van der Waals surface area contributed by atoms with Gasteiger partial charge in [-0.1, -0.05) is 0 Å². The average molecular weight is 609 g/mol. The molecule has 0 spiro atoms. The van der Waals surface area contributed by atoms with E-state index in [4.69, 9.17) is 0 Å². The van der Waals surface area contributed by atoms with Crippen molar-refractivity contribution in [3.8, 4) is 11.1 Å². The summed E-state index contributed by atoms with van der Waals surface area (Å²) >= 11 is -3.39. The molecule has 0 heterocycles. The number of hydrogen-bond donors (Lipinski definition) is 0. The molecule has 1 atom stereocenters. The van der Waals surface area contributed by atoms with Crippen molar-refractivity contribution in [1.29, 1.82) is 0 Å². The van der Waals surface area contributed by atoms with Crippen molar-refractivity contribution in [2.45, 2.75) is 20.0 Å². The Bertz CT molecular complexity index is 1020. The first-order valence-electron chi connectivity index (χ1n) is 9.58. The van der Waals surface area contributed by atoms with Gasteiger partial charge in [-0.3, -0.25) is 0 Å². The Kier molecular flexibility index (Phi) is 4.56. The third-order valence-electron chi connectivity index (χ3n) is 5.92. The van der Waals surface area contributed by atoms with Gasteiger partial charge in [-0.2, -0.15) is 0 Å². The fraction of sp³-hybridized carbons (Fsp3) is 0.167. The quantitative estimate of drug-likeness (QED) is 0.279. The van der Waals surface area contributed by atoms with Crippen LogP contribution in [0.25, 0.3) is 17.2 Å². The van der Waals surface area contributed by atoms with Crippen molar-refractivity contribution in [3.63, 3.8) is 0 Å². The predicted octanol–water partition coefficient (Wildman–Crippen LogP) is 5.25. The molecule has 0 radical (unpaired) electrons. The first-order chi connectivity index (χ1) is 12.7. The first-order valence-corrected chi connectivity index (χ1v) is 35.6. The Morgan fingerprint density at radius 2 is 1.62 bits per heavy atom. The summed E-state index contributed by atoms with van der Waals surface area (Å²) in [4.78, 5) is 5.36. The van der Waals surface area contributed by atoms with E-state index < -0.39 is 32.6 Å². The van der Waals surface area contributed by atoms with Crippen LogP contribution in [-0.4, -0.2) is 15.3 Å². The van der Waals surface area contributed by atoms with Crippen LogP contribution in [0.5, 0.6) is 0 Å². The van der Waals surface area contributed by atoms with Crippen LogP contribution in [0.2, 0.25) is 9.88 Å². The first kappa shape index (κ1) is 17.2. The molecule has 0 N–H and O–H groups in total. The van der Waals surface area contributed by atoms with Crippen LogP contribution in [0.15, 0.2) is 72.8 Å². The maximum atomic E-state index is 2.68. The fourth-order valence-electron chi connectivity index (χ4n) is 4.79. The molecular weight excluding hydrogens is 585 g/mol. The number of benzene rings is 3. The zero-order valence-electron chi connectivity index (χ0n) is 15.4. The molecule has 0 nitrogen and oxygen atoms in total. The Hall–Kier alpha value is -0.931. The van der Waals surface area contributed by atoms with Crippen molar-refractivity contribution in [1.82, 2.24) is 0 Å². The Labute approximate surface area is 166 Å². The molecule has 0 bridgehead atoms. The zero-order chi connectivity index (χ0) is 17.7. The van der Waals surface area contributed by atoms with Gasteiger partial charge in [0.15, 0.2) is 0 Å². The summed E-state index contributed by atoms with van der Waals surface area (Å²) in [6, 6.07) is 25.4. The second-order valence-corrected chi connectivity index (χ2v) is 64.1. The molecule has 2 aliphatic carbocycles. The summed E-state index contributed by atoms with van der Waals surface area (Å²) in [6.45, 7) is 0. The molecule has 2 heteroatoms. The fourth-order valence-corrected chi connectivity index (χ4v) is 61.6. The van der Waals surface area contributed by atoms with E-state index >= 15 is 0 Å². The molecule has 127 valence electrons. The second-order valence-electron chi connectivity index (χ2n) is 7.74. The summed E-state index contributed by atoms with van der Waals surface area (Å²) in [5, 5.41) is 0. The van der Waals surface area contributed by atoms with Crippen LogP contribution >= 0.6 is 0 Å². The van der Waals surface area contributed by atoms with Crippen LogP contribution in [0.1, 0.15) is 25.9 Å². The van der Waals surface area contributed by atoms with E-state index in [-0.39, 0.29) is 0 Å². The molecule has 0 aliphatic heterocycles. The summed E-state index contributed by atoms with van der Waals surface area (Å²) in [5.41, 5.74) is 9.34. The van der Waals surface area contributed by atoms with Crippen LogP contribution in [0.3, 0.4) is 0 Å². The molecule has 26 heavy (non-hydrogen) atoms. The molecule has 0 fully saturated rings. The van der Waals surface area contributed by atoms with Crippen LogP contribution in [-0.2, 0) is 23.7 Å². The molecule has 0 amide bonds. The Morgan fingerprint density at radius 1 is 0.846 bits per heavy atom. The number of fused-ring (bicyclic) bond motifs is 4. The van der Waals surface area contributed by atoms with Crippen molar-refractivity contribution in [2.24, 2.45) is 0 Å². The molecule has 0 saturated heterocycles. The van der Waals surface area contributed by atoms with Gasteiger partial charge in [0.25, 0.3) is 0 Å². The SMILES string of the molecule is [CH3][SnH]([CH3])[Hf]([c]1cccc2c1Cc1ccccc1-2)[CH]1C=Cc2ccccc21. The maximum absolute atomic E-state index is 2.68. The van der Waals surface area contributed by atoms with E-state index in [2.05, 4.69) is 88.8 Å². The predicted molar refractivity (Wildman–Crippen MR) is 111 cm³/mol. The third kappa shape index (κ3) is 2.74. The molecular formula is C24H23HfSn. The standard InChI is InChI=1S/C13H9.C9H7.2CH3.Hf.Sn.H/c1-3-7-12-10(5-1)9-11-6-2-4-8-13(11)12;1-2-5-9-7-3-6-8(9)4-1;;;;;/h1-5,7-8H,9H2;1-7H;2*1H3;;;. The second kappa shape index (κ2) is 6.91. The number of hydrogen-bond acceptors (Lipinski definition) is 0. The van der Waals surface area contributed by atoms with E-state index in [0.29, 0.717) is 0 Å². The minimum absolute atomic E-state index is 0.780. The molecule has 3 aromatic rings. The molecule has 0 aromatic heterocycles. The van der Waals surface area contributed by atoms with Gasteiger partial charge in [-0.05, 0) is 0 Å². The third-order valence-corrected chi connectivity index (χ3v) is 63.2. The topological polar surface area (TPSA) is 0 Å². The number of allylic oxidation sites excluding steroid dienone is 1. The average Bonchev–Trinajstić information content (AvgIpc) is 3.24. The van der Waals surface area contributed by atoms with E-state index in [1.807, 2.05) is 3.32 Å². The van der Waals surface area contributed by atoms with Crippen LogP contribution in [0.4, 0.5) is 0 Å². The van der Waals surface area contributed by atoms with E-state index in [1.54, 1.807) is 11.1 Å². The van der Waals surface area contributed by atoms with Gasteiger partial charge >= 0.3 is 168 Å². The van der Waals surface area contributed by atoms with Gasteiger partial charge in [0.05, 0.1) is 0 Å². The van der Waals surface area contributed by atoms with E-state index in [1.165, 1.54) is 22.3 Å². The van der Waals surface area contributed by atoms with E-state index in [0.717, 1.165) is 10.1 Å². The summed E-state index contributed by atoms with van der Waals surface area (Å²) in [5.74, 6) is 0. The van der Waals surface area contributed by atoms with Gasteiger partial charge < -0.3 is 0 Å². The van der Waals surface area contributed by atoms with Gasteiger partial charge in [0.2, 0.25) is 0 Å². The van der Waals surface area contributed by atoms with Crippen LogP contribution < -0.4 is 3.32 Å². The summed E-state index contributed by atoms with van der Waals surface area (Å²) in [7, 11) is 0. The number of rotatable bonds is 3. The minimum atomic E-state index is -1.93. The normalized spacial score (nSPS) is 16.5. The van der Waals surface area contributed by atoms with Gasteiger partial charge in [0, 0.05) is 0 Å². The molecule has 5 rings (SSSR count). The molecule has 2 aliphatic rings. The van der Waals surface area contributed by atoms with Gasteiger partial charge in [0.1, 0.15) is 0 Å².